The Labute approximate surface area is 205 Å². The predicted octanol–water partition coefficient (Wildman–Crippen LogP) is 5.45. The Morgan fingerprint density at radius 3 is 2.88 bits per heavy atom. The molecule has 0 spiro atoms. The van der Waals surface area contributed by atoms with Gasteiger partial charge in [-0.25, -0.2) is 9.97 Å². The molecule has 1 aliphatic rings. The second-order valence-corrected chi connectivity index (χ2v) is 10.5. The highest BCUT2D eigenvalue weighted by Crippen LogP contribution is 2.41. The minimum atomic E-state index is -0.0804. The van der Waals surface area contributed by atoms with E-state index in [4.69, 9.17) is 9.97 Å². The van der Waals surface area contributed by atoms with Gasteiger partial charge in [0.1, 0.15) is 15.9 Å². The molecular weight excluding hydrogens is 464 g/mol. The number of nitrogens with zero attached hydrogens (tertiary/aromatic N) is 5. The van der Waals surface area contributed by atoms with Gasteiger partial charge in [-0.15, -0.1) is 21.5 Å². The maximum atomic E-state index is 12.4. The largest absolute Gasteiger partial charge is 0.325 e. The number of para-hydroxylation sites is 1. The Hall–Kier alpha value is -3.04. The summed E-state index contributed by atoms with van der Waals surface area (Å²) < 4.78 is 2.90. The first kappa shape index (κ1) is 21.5. The third kappa shape index (κ3) is 3.73. The molecule has 0 saturated carbocycles. The molecular formula is C25H24N6OS2. The number of rotatable bonds is 7. The van der Waals surface area contributed by atoms with E-state index in [1.807, 2.05) is 34.7 Å². The predicted molar refractivity (Wildman–Crippen MR) is 138 cm³/mol. The second-order valence-electron chi connectivity index (χ2n) is 8.56. The van der Waals surface area contributed by atoms with Crippen molar-refractivity contribution in [1.82, 2.24) is 24.6 Å². The van der Waals surface area contributed by atoms with E-state index in [1.165, 1.54) is 53.2 Å². The van der Waals surface area contributed by atoms with Gasteiger partial charge in [0, 0.05) is 16.8 Å². The van der Waals surface area contributed by atoms with Crippen LogP contribution in [0, 0.1) is 0 Å². The molecule has 0 radical (unpaired) electrons. The Morgan fingerprint density at radius 1 is 1.18 bits per heavy atom. The number of anilines is 1. The van der Waals surface area contributed by atoms with E-state index < -0.39 is 0 Å². The van der Waals surface area contributed by atoms with Gasteiger partial charge in [-0.05, 0) is 55.4 Å². The van der Waals surface area contributed by atoms with Crippen molar-refractivity contribution in [2.24, 2.45) is 0 Å². The van der Waals surface area contributed by atoms with Gasteiger partial charge in [0.2, 0.25) is 5.91 Å². The van der Waals surface area contributed by atoms with Crippen LogP contribution in [-0.2, 0) is 24.1 Å². The number of aryl methyl sites for hydroxylation is 2. The van der Waals surface area contributed by atoms with Gasteiger partial charge in [0.15, 0.2) is 10.8 Å². The van der Waals surface area contributed by atoms with Crippen LogP contribution in [0.25, 0.3) is 26.1 Å². The van der Waals surface area contributed by atoms with Crippen LogP contribution in [0.15, 0.2) is 41.8 Å². The quantitative estimate of drug-likeness (QED) is 0.307. The second kappa shape index (κ2) is 8.96. The summed E-state index contributed by atoms with van der Waals surface area (Å²) in [5.74, 6) is 0.166. The smallest absolute Gasteiger partial charge is 0.234 e. The zero-order chi connectivity index (χ0) is 23.1. The van der Waals surface area contributed by atoms with Gasteiger partial charge in [-0.3, -0.25) is 9.20 Å². The van der Waals surface area contributed by atoms with E-state index in [2.05, 4.69) is 22.4 Å². The third-order valence-corrected chi connectivity index (χ3v) is 8.31. The van der Waals surface area contributed by atoms with Crippen LogP contribution in [0.1, 0.15) is 43.0 Å². The minimum absolute atomic E-state index is 0.0804. The van der Waals surface area contributed by atoms with Crippen LogP contribution in [0.5, 0.6) is 0 Å². The number of carbonyl (C=O) groups is 1. The van der Waals surface area contributed by atoms with Gasteiger partial charge >= 0.3 is 0 Å². The summed E-state index contributed by atoms with van der Waals surface area (Å²) in [5.41, 5.74) is 6.69. The monoisotopic (exact) mass is 488 g/mol. The van der Waals surface area contributed by atoms with Crippen molar-refractivity contribution in [1.29, 1.82) is 0 Å². The van der Waals surface area contributed by atoms with Gasteiger partial charge in [0.05, 0.1) is 11.3 Å². The molecule has 1 amide bonds. The Morgan fingerprint density at radius 2 is 2.03 bits per heavy atom. The number of carbonyl (C=O) groups excluding carboxylic acids is 1. The molecule has 0 atom stereocenters. The van der Waals surface area contributed by atoms with Crippen molar-refractivity contribution >= 4 is 60.8 Å². The number of nitrogens with one attached hydrogen (secondary N) is 1. The lowest BCUT2D eigenvalue weighted by Crippen LogP contribution is -2.14. The number of hydrogen-bond acceptors (Lipinski definition) is 7. The lowest BCUT2D eigenvalue weighted by atomic mass is 10.0. The molecule has 1 N–H and O–H groups in total. The number of pyridine rings is 1. The number of unbranched alkanes of at least 4 members (excludes halogenated alkanes) is 1. The summed E-state index contributed by atoms with van der Waals surface area (Å²) in [6, 6.07) is 9.46. The molecule has 4 aromatic heterocycles. The van der Waals surface area contributed by atoms with Crippen LogP contribution in [-0.4, -0.2) is 36.2 Å². The molecule has 0 aliphatic heterocycles. The maximum Gasteiger partial charge on any atom is 0.234 e. The summed E-state index contributed by atoms with van der Waals surface area (Å²) in [5, 5.41) is 13.6. The third-order valence-electron chi connectivity index (χ3n) is 6.30. The molecule has 1 aliphatic carbocycles. The van der Waals surface area contributed by atoms with Crippen LogP contribution in [0.2, 0.25) is 0 Å². The molecule has 0 saturated heterocycles. The molecule has 5 aromatic rings. The Kier molecular flexibility index (Phi) is 5.66. The standard InChI is InChI=1S/C25H24N6OS2/c1-2-3-12-18-16-10-7-11-17(16)20-21-22(34-24(20)28-18)23-29-30-25(31(23)14-26-21)33-13-19(32)27-15-8-5-4-6-9-15/h4-6,8-9,14H,2-3,7,10-13H2,1H3,(H,27,32). The highest BCUT2D eigenvalue weighted by Gasteiger charge is 2.24. The molecule has 1 aromatic carbocycles. The highest BCUT2D eigenvalue weighted by molar-refractivity contribution is 7.99. The zero-order valence-electron chi connectivity index (χ0n) is 18.9. The first-order chi connectivity index (χ1) is 16.7. The zero-order valence-corrected chi connectivity index (χ0v) is 20.5. The van der Waals surface area contributed by atoms with E-state index in [0.29, 0.717) is 5.16 Å². The average molecular weight is 489 g/mol. The fourth-order valence-corrected chi connectivity index (χ4v) is 6.57. The van der Waals surface area contributed by atoms with Crippen LogP contribution in [0.3, 0.4) is 0 Å². The van der Waals surface area contributed by atoms with E-state index in [-0.39, 0.29) is 11.7 Å². The topological polar surface area (TPSA) is 85.1 Å². The molecule has 0 unspecified atom stereocenters. The summed E-state index contributed by atoms with van der Waals surface area (Å²) in [7, 11) is 0. The van der Waals surface area contributed by atoms with Crippen LogP contribution >= 0.6 is 23.1 Å². The first-order valence-electron chi connectivity index (χ1n) is 11.7. The average Bonchev–Trinajstić information content (AvgIpc) is 3.57. The van der Waals surface area contributed by atoms with Gasteiger partial charge in [0.25, 0.3) is 0 Å². The number of fused-ring (bicyclic) bond motifs is 7. The van der Waals surface area contributed by atoms with Gasteiger partial charge in [-0.2, -0.15) is 0 Å². The SMILES string of the molecule is CCCCc1nc2sc3c(ncn4c(SCC(=O)Nc5ccccc5)nnc34)c2c2c1CCC2. The number of thiophene rings is 1. The molecule has 172 valence electrons. The lowest BCUT2D eigenvalue weighted by molar-refractivity contribution is -0.113. The van der Waals surface area contributed by atoms with Crippen LogP contribution < -0.4 is 5.32 Å². The van der Waals surface area contributed by atoms with Crippen molar-refractivity contribution in [2.75, 3.05) is 11.1 Å². The fourth-order valence-electron chi connectivity index (χ4n) is 4.71. The van der Waals surface area contributed by atoms with E-state index >= 15 is 0 Å². The van der Waals surface area contributed by atoms with E-state index in [0.717, 1.165) is 45.6 Å². The number of thioether (sulfide) groups is 1. The van der Waals surface area contributed by atoms with Crippen molar-refractivity contribution in [3.05, 3.63) is 53.5 Å². The summed E-state index contributed by atoms with van der Waals surface area (Å²) in [6.07, 6.45) is 8.57. The molecule has 0 bridgehead atoms. The summed E-state index contributed by atoms with van der Waals surface area (Å²) in [4.78, 5) is 23.4. The first-order valence-corrected chi connectivity index (χ1v) is 13.5. The van der Waals surface area contributed by atoms with Crippen LogP contribution in [0.4, 0.5) is 5.69 Å². The normalized spacial score (nSPS) is 13.2. The van der Waals surface area contributed by atoms with Crippen molar-refractivity contribution < 1.29 is 4.79 Å². The van der Waals surface area contributed by atoms with Crippen molar-refractivity contribution in [3.63, 3.8) is 0 Å². The number of benzene rings is 1. The Balaban J connectivity index is 1.34. The molecule has 34 heavy (non-hydrogen) atoms. The molecule has 7 nitrogen and oxygen atoms in total. The molecule has 9 heteroatoms. The maximum absolute atomic E-state index is 12.4. The molecule has 6 rings (SSSR count). The molecule has 4 heterocycles. The van der Waals surface area contributed by atoms with Gasteiger partial charge < -0.3 is 5.32 Å². The minimum Gasteiger partial charge on any atom is -0.325 e. The van der Waals surface area contributed by atoms with Gasteiger partial charge in [-0.1, -0.05) is 43.3 Å². The number of amides is 1. The molecule has 0 fully saturated rings. The van der Waals surface area contributed by atoms with Crippen molar-refractivity contribution in [3.8, 4) is 0 Å². The summed E-state index contributed by atoms with van der Waals surface area (Å²) in [6.45, 7) is 2.23. The fraction of sp³-hybridized carbons (Fsp3) is 0.320. The highest BCUT2D eigenvalue weighted by atomic mass is 32.2. The number of hydrogen-bond donors (Lipinski definition) is 1. The lowest BCUT2D eigenvalue weighted by Gasteiger charge is -2.08. The van der Waals surface area contributed by atoms with E-state index in [1.54, 1.807) is 17.7 Å². The number of aromatic nitrogens is 5. The summed E-state index contributed by atoms with van der Waals surface area (Å²) >= 11 is 3.02. The van der Waals surface area contributed by atoms with E-state index in [9.17, 15) is 4.79 Å². The Bertz CT molecular complexity index is 1530. The van der Waals surface area contributed by atoms with Crippen molar-refractivity contribution in [2.45, 2.75) is 50.6 Å².